The fourth-order valence-corrected chi connectivity index (χ4v) is 3.71. The molecule has 2 atom stereocenters. The van der Waals surface area contributed by atoms with Crippen LogP contribution in [0, 0.1) is 5.92 Å². The van der Waals surface area contributed by atoms with Crippen LogP contribution in [-0.2, 0) is 14.3 Å². The molecule has 0 aromatic carbocycles. The van der Waals surface area contributed by atoms with E-state index < -0.39 is 11.5 Å². The Labute approximate surface area is 130 Å². The quantitative estimate of drug-likeness (QED) is 0.787. The molecule has 0 saturated carbocycles. The van der Waals surface area contributed by atoms with Crippen LogP contribution < -0.4 is 5.73 Å². The van der Waals surface area contributed by atoms with Gasteiger partial charge in [-0.25, -0.2) is 0 Å². The molecule has 6 heteroatoms. The molecule has 120 valence electrons. The molecule has 0 bridgehead atoms. The lowest BCUT2D eigenvalue weighted by Crippen LogP contribution is -2.63. The second-order valence-corrected chi connectivity index (χ2v) is 6.15. The van der Waals surface area contributed by atoms with E-state index in [4.69, 9.17) is 10.5 Å². The van der Waals surface area contributed by atoms with Gasteiger partial charge in [-0.2, -0.15) is 0 Å². The monoisotopic (exact) mass is 305 g/mol. The number of likely N-dealkylation sites (tertiary alicyclic amines) is 1. The molecule has 0 aromatic rings. The molecule has 3 rings (SSSR count). The zero-order valence-corrected chi connectivity index (χ0v) is 12.7. The van der Waals surface area contributed by atoms with Gasteiger partial charge in [0.05, 0.1) is 24.7 Å². The smallest absolute Gasteiger partial charge is 0.227 e. The fraction of sp³-hybridized carbons (Fsp3) is 0.625. The second-order valence-electron chi connectivity index (χ2n) is 6.15. The van der Waals surface area contributed by atoms with Crippen LogP contribution >= 0.6 is 0 Å². The third-order valence-corrected chi connectivity index (χ3v) is 4.80. The highest BCUT2D eigenvalue weighted by atomic mass is 16.5. The maximum absolute atomic E-state index is 12.4. The minimum absolute atomic E-state index is 0.111. The van der Waals surface area contributed by atoms with Crippen LogP contribution in [0.2, 0.25) is 0 Å². The highest BCUT2D eigenvalue weighted by molar-refractivity contribution is 5.85. The molecular weight excluding hydrogens is 282 g/mol. The number of morpholine rings is 1. The fourth-order valence-electron chi connectivity index (χ4n) is 3.71. The Morgan fingerprint density at radius 3 is 2.73 bits per heavy atom. The van der Waals surface area contributed by atoms with Gasteiger partial charge in [-0.1, -0.05) is 24.3 Å². The van der Waals surface area contributed by atoms with Crippen molar-refractivity contribution < 1.29 is 14.3 Å². The Morgan fingerprint density at radius 2 is 2.09 bits per heavy atom. The van der Waals surface area contributed by atoms with Crippen LogP contribution in [0.25, 0.3) is 0 Å². The van der Waals surface area contributed by atoms with E-state index in [0.717, 1.165) is 19.5 Å². The summed E-state index contributed by atoms with van der Waals surface area (Å²) in [6.07, 6.45) is 8.97. The van der Waals surface area contributed by atoms with Gasteiger partial charge >= 0.3 is 0 Å². The van der Waals surface area contributed by atoms with Gasteiger partial charge in [0.2, 0.25) is 11.8 Å². The largest absolute Gasteiger partial charge is 0.379 e. The van der Waals surface area contributed by atoms with Gasteiger partial charge < -0.3 is 15.4 Å². The molecule has 22 heavy (non-hydrogen) atoms. The van der Waals surface area contributed by atoms with E-state index in [2.05, 4.69) is 4.90 Å². The van der Waals surface area contributed by atoms with E-state index in [9.17, 15) is 9.59 Å². The van der Waals surface area contributed by atoms with Gasteiger partial charge in [-0.15, -0.1) is 0 Å². The van der Waals surface area contributed by atoms with Gasteiger partial charge in [0.15, 0.2) is 0 Å². The number of carbonyl (C=O) groups excluding carboxylic acids is 2. The second kappa shape index (κ2) is 6.22. The highest BCUT2D eigenvalue weighted by Gasteiger charge is 2.48. The van der Waals surface area contributed by atoms with Gasteiger partial charge in [0, 0.05) is 32.6 Å². The van der Waals surface area contributed by atoms with E-state index in [0.29, 0.717) is 32.7 Å². The molecule has 2 saturated heterocycles. The summed E-state index contributed by atoms with van der Waals surface area (Å²) in [6, 6.07) is 0. The number of primary amides is 1. The number of rotatable bonds is 4. The molecule has 1 aliphatic carbocycles. The predicted molar refractivity (Wildman–Crippen MR) is 81.9 cm³/mol. The number of carbonyl (C=O) groups is 2. The standard InChI is InChI=1S/C16H23N3O3/c17-15(21)13-4-1-2-6-16(13,19-7-3-5-14(19)20)12-18-8-10-22-11-9-18/h1-2,4,6,13H,3,5,7-12H2,(H2,17,21). The number of nitrogens with two attached hydrogens (primary N) is 1. The molecule has 2 fully saturated rings. The SMILES string of the molecule is NC(=O)C1C=CC=CC1(CN1CCOCC1)N1CCCC1=O. The molecule has 0 aromatic heterocycles. The number of hydrogen-bond donors (Lipinski definition) is 1. The minimum Gasteiger partial charge on any atom is -0.379 e. The van der Waals surface area contributed by atoms with Crippen LogP contribution in [0.1, 0.15) is 12.8 Å². The Hall–Kier alpha value is -1.66. The molecule has 6 nitrogen and oxygen atoms in total. The third-order valence-electron chi connectivity index (χ3n) is 4.80. The van der Waals surface area contributed by atoms with Gasteiger partial charge in [0.1, 0.15) is 0 Å². The van der Waals surface area contributed by atoms with Crippen molar-refractivity contribution in [2.75, 3.05) is 39.4 Å². The third kappa shape index (κ3) is 2.68. The van der Waals surface area contributed by atoms with Crippen molar-refractivity contribution in [2.24, 2.45) is 11.7 Å². The Kier molecular flexibility index (Phi) is 4.31. The lowest BCUT2D eigenvalue weighted by atomic mass is 9.78. The van der Waals surface area contributed by atoms with Crippen molar-refractivity contribution >= 4 is 11.8 Å². The van der Waals surface area contributed by atoms with E-state index >= 15 is 0 Å². The number of ether oxygens (including phenoxy) is 1. The topological polar surface area (TPSA) is 75.9 Å². The van der Waals surface area contributed by atoms with E-state index in [1.165, 1.54) is 0 Å². The Balaban J connectivity index is 1.93. The average molecular weight is 305 g/mol. The highest BCUT2D eigenvalue weighted by Crippen LogP contribution is 2.35. The lowest BCUT2D eigenvalue weighted by Gasteiger charge is -2.47. The van der Waals surface area contributed by atoms with Crippen LogP contribution in [0.15, 0.2) is 24.3 Å². The number of amides is 2. The van der Waals surface area contributed by atoms with Gasteiger partial charge in [0.25, 0.3) is 0 Å². The summed E-state index contributed by atoms with van der Waals surface area (Å²) in [6.45, 7) is 4.30. The number of nitrogens with zero attached hydrogens (tertiary/aromatic N) is 2. The Morgan fingerprint density at radius 1 is 1.32 bits per heavy atom. The first-order chi connectivity index (χ1) is 10.6. The summed E-state index contributed by atoms with van der Waals surface area (Å²) in [5, 5.41) is 0. The summed E-state index contributed by atoms with van der Waals surface area (Å²) in [4.78, 5) is 28.5. The zero-order valence-electron chi connectivity index (χ0n) is 12.7. The summed E-state index contributed by atoms with van der Waals surface area (Å²) in [5.74, 6) is -0.754. The molecule has 0 radical (unpaired) electrons. The van der Waals surface area contributed by atoms with Crippen LogP contribution in [0.5, 0.6) is 0 Å². The van der Waals surface area contributed by atoms with Crippen molar-refractivity contribution in [1.29, 1.82) is 0 Å². The van der Waals surface area contributed by atoms with Crippen LogP contribution in [-0.4, -0.2) is 66.5 Å². The maximum Gasteiger partial charge on any atom is 0.227 e. The van der Waals surface area contributed by atoms with Crippen molar-refractivity contribution in [3.8, 4) is 0 Å². The first kappa shape index (κ1) is 15.2. The van der Waals surface area contributed by atoms with Crippen molar-refractivity contribution in [3.63, 3.8) is 0 Å². The van der Waals surface area contributed by atoms with E-state index in [-0.39, 0.29) is 11.8 Å². The van der Waals surface area contributed by atoms with Gasteiger partial charge in [-0.3, -0.25) is 14.5 Å². The average Bonchev–Trinajstić information content (AvgIpc) is 2.95. The van der Waals surface area contributed by atoms with Gasteiger partial charge in [-0.05, 0) is 6.42 Å². The number of allylic oxidation sites excluding steroid dienone is 2. The lowest BCUT2D eigenvalue weighted by molar-refractivity contribution is -0.137. The summed E-state index contributed by atoms with van der Waals surface area (Å²) < 4.78 is 5.40. The number of hydrogen-bond acceptors (Lipinski definition) is 4. The molecule has 2 heterocycles. The first-order valence-corrected chi connectivity index (χ1v) is 7.89. The van der Waals surface area contributed by atoms with Crippen molar-refractivity contribution in [3.05, 3.63) is 24.3 Å². The molecule has 2 amide bonds. The van der Waals surface area contributed by atoms with Crippen LogP contribution in [0.4, 0.5) is 0 Å². The molecule has 2 N–H and O–H groups in total. The minimum atomic E-state index is -0.661. The molecule has 2 aliphatic heterocycles. The molecule has 0 spiro atoms. The molecule has 2 unspecified atom stereocenters. The summed E-state index contributed by atoms with van der Waals surface area (Å²) >= 11 is 0. The Bertz CT molecular complexity index is 511. The van der Waals surface area contributed by atoms with E-state index in [1.807, 2.05) is 29.2 Å². The zero-order chi connectivity index (χ0) is 15.6. The first-order valence-electron chi connectivity index (χ1n) is 7.89. The molecular formula is C16H23N3O3. The van der Waals surface area contributed by atoms with Crippen molar-refractivity contribution in [2.45, 2.75) is 18.4 Å². The van der Waals surface area contributed by atoms with Crippen molar-refractivity contribution in [1.82, 2.24) is 9.80 Å². The summed E-state index contributed by atoms with van der Waals surface area (Å²) in [5.41, 5.74) is 4.99. The summed E-state index contributed by atoms with van der Waals surface area (Å²) in [7, 11) is 0. The van der Waals surface area contributed by atoms with E-state index in [1.54, 1.807) is 0 Å². The molecule has 3 aliphatic rings. The van der Waals surface area contributed by atoms with Crippen LogP contribution in [0.3, 0.4) is 0 Å². The maximum atomic E-state index is 12.4. The normalized spacial score (nSPS) is 32.6. The predicted octanol–water partition coefficient (Wildman–Crippen LogP) is -0.0927.